The lowest BCUT2D eigenvalue weighted by atomic mass is 9.99. The number of hydrogen-bond donors (Lipinski definition) is 0. The second-order valence-corrected chi connectivity index (χ2v) is 5.16. The summed E-state index contributed by atoms with van der Waals surface area (Å²) in [6.45, 7) is 4.57. The monoisotopic (exact) mass is 272 g/mol. The van der Waals surface area contributed by atoms with E-state index in [1.807, 2.05) is 25.1 Å². The fourth-order valence-electron chi connectivity index (χ4n) is 2.49. The van der Waals surface area contributed by atoms with Crippen LogP contribution in [0, 0.1) is 12.7 Å². The van der Waals surface area contributed by atoms with Crippen molar-refractivity contribution in [2.75, 3.05) is 13.1 Å². The van der Waals surface area contributed by atoms with Gasteiger partial charge in [-0.1, -0.05) is 23.4 Å². The third kappa shape index (κ3) is 2.96. The molecule has 0 bridgehead atoms. The van der Waals surface area contributed by atoms with Crippen LogP contribution in [0.15, 0.2) is 40.9 Å². The number of halogens is 1. The largest absolute Gasteiger partial charge is 0.360 e. The number of nitrogens with zero attached hydrogens (tertiary/aromatic N) is 2. The lowest BCUT2D eigenvalue weighted by molar-refractivity contribution is 0.250. The molecule has 0 saturated carbocycles. The molecule has 104 valence electrons. The van der Waals surface area contributed by atoms with Crippen molar-refractivity contribution < 1.29 is 8.91 Å². The van der Waals surface area contributed by atoms with Gasteiger partial charge in [0, 0.05) is 19.2 Å². The van der Waals surface area contributed by atoms with E-state index in [1.165, 1.54) is 17.7 Å². The zero-order chi connectivity index (χ0) is 13.9. The smallest absolute Gasteiger partial charge is 0.150 e. The maximum Gasteiger partial charge on any atom is 0.150 e. The van der Waals surface area contributed by atoms with Gasteiger partial charge < -0.3 is 4.52 Å². The molecule has 1 aliphatic heterocycles. The fourth-order valence-corrected chi connectivity index (χ4v) is 2.49. The first-order valence-electron chi connectivity index (χ1n) is 6.80. The molecule has 1 aliphatic rings. The highest BCUT2D eigenvalue weighted by atomic mass is 19.1. The number of aryl methyl sites for hydroxylation is 1. The zero-order valence-electron chi connectivity index (χ0n) is 11.5. The standard InChI is InChI=1S/C16H17FN2O/c1-12-10-16(20-18-12)11-19-8-6-14(7-9-19)13-2-4-15(17)5-3-13/h2-6,10H,7-9,11H2,1H3. The van der Waals surface area contributed by atoms with Crippen molar-refractivity contribution in [3.63, 3.8) is 0 Å². The molecule has 4 heteroatoms. The Balaban J connectivity index is 1.64. The van der Waals surface area contributed by atoms with Crippen molar-refractivity contribution >= 4 is 5.57 Å². The molecule has 20 heavy (non-hydrogen) atoms. The SMILES string of the molecule is Cc1cc(CN2CC=C(c3ccc(F)cc3)CC2)on1. The maximum atomic E-state index is 12.9. The van der Waals surface area contributed by atoms with Crippen LogP contribution in [0.3, 0.4) is 0 Å². The van der Waals surface area contributed by atoms with E-state index in [2.05, 4.69) is 16.1 Å². The lowest BCUT2D eigenvalue weighted by Gasteiger charge is -2.25. The van der Waals surface area contributed by atoms with Crippen LogP contribution in [-0.2, 0) is 6.54 Å². The van der Waals surface area contributed by atoms with Gasteiger partial charge >= 0.3 is 0 Å². The molecule has 3 rings (SSSR count). The van der Waals surface area contributed by atoms with Crippen LogP contribution in [-0.4, -0.2) is 23.1 Å². The van der Waals surface area contributed by atoms with Crippen LogP contribution in [0.1, 0.15) is 23.4 Å². The maximum absolute atomic E-state index is 12.9. The third-order valence-electron chi connectivity index (χ3n) is 3.56. The van der Waals surface area contributed by atoms with E-state index >= 15 is 0 Å². The van der Waals surface area contributed by atoms with Gasteiger partial charge in [0.25, 0.3) is 0 Å². The summed E-state index contributed by atoms with van der Waals surface area (Å²) in [5.41, 5.74) is 3.32. The summed E-state index contributed by atoms with van der Waals surface area (Å²) in [6.07, 6.45) is 3.18. The molecule has 0 amide bonds. The molecule has 2 heterocycles. The van der Waals surface area contributed by atoms with Crippen LogP contribution < -0.4 is 0 Å². The molecule has 0 aliphatic carbocycles. The summed E-state index contributed by atoms with van der Waals surface area (Å²) < 4.78 is 18.2. The van der Waals surface area contributed by atoms with Crippen molar-refractivity contribution in [2.45, 2.75) is 19.9 Å². The number of benzene rings is 1. The van der Waals surface area contributed by atoms with Gasteiger partial charge in [-0.2, -0.15) is 0 Å². The molecule has 0 N–H and O–H groups in total. The first kappa shape index (κ1) is 13.1. The van der Waals surface area contributed by atoms with E-state index in [-0.39, 0.29) is 5.82 Å². The van der Waals surface area contributed by atoms with Gasteiger partial charge in [-0.05, 0) is 36.6 Å². The summed E-state index contributed by atoms with van der Waals surface area (Å²) >= 11 is 0. The summed E-state index contributed by atoms with van der Waals surface area (Å²) in [5, 5.41) is 3.90. The van der Waals surface area contributed by atoms with Crippen molar-refractivity contribution in [3.8, 4) is 0 Å². The predicted octanol–water partition coefficient (Wildman–Crippen LogP) is 3.41. The second-order valence-electron chi connectivity index (χ2n) is 5.16. The van der Waals surface area contributed by atoms with Gasteiger partial charge in [-0.15, -0.1) is 0 Å². The highest BCUT2D eigenvalue weighted by Gasteiger charge is 2.14. The van der Waals surface area contributed by atoms with E-state index in [9.17, 15) is 4.39 Å². The summed E-state index contributed by atoms with van der Waals surface area (Å²) in [7, 11) is 0. The van der Waals surface area contributed by atoms with Crippen LogP contribution in [0.4, 0.5) is 4.39 Å². The summed E-state index contributed by atoms with van der Waals surface area (Å²) in [5.74, 6) is 0.716. The molecule has 0 fully saturated rings. The van der Waals surface area contributed by atoms with Crippen molar-refractivity contribution in [2.24, 2.45) is 0 Å². The first-order chi connectivity index (χ1) is 9.70. The Morgan fingerprint density at radius 1 is 1.30 bits per heavy atom. The van der Waals surface area contributed by atoms with Gasteiger partial charge in [-0.3, -0.25) is 4.90 Å². The van der Waals surface area contributed by atoms with Crippen LogP contribution in [0.5, 0.6) is 0 Å². The van der Waals surface area contributed by atoms with E-state index in [0.29, 0.717) is 0 Å². The molecule has 1 aromatic carbocycles. The van der Waals surface area contributed by atoms with Gasteiger partial charge in [0.1, 0.15) is 5.82 Å². The minimum absolute atomic E-state index is 0.188. The van der Waals surface area contributed by atoms with Gasteiger partial charge in [-0.25, -0.2) is 4.39 Å². The molecule has 0 atom stereocenters. The highest BCUT2D eigenvalue weighted by molar-refractivity contribution is 5.66. The number of rotatable bonds is 3. The average molecular weight is 272 g/mol. The summed E-state index contributed by atoms with van der Waals surface area (Å²) in [6, 6.07) is 8.69. The molecule has 0 unspecified atom stereocenters. The van der Waals surface area contributed by atoms with E-state index in [0.717, 1.165) is 43.1 Å². The first-order valence-corrected chi connectivity index (χ1v) is 6.80. The summed E-state index contributed by atoms with van der Waals surface area (Å²) in [4.78, 5) is 2.31. The Bertz CT molecular complexity index is 616. The molecule has 0 spiro atoms. The van der Waals surface area contributed by atoms with E-state index < -0.39 is 0 Å². The Kier molecular flexibility index (Phi) is 3.65. The molecular formula is C16H17FN2O. The highest BCUT2D eigenvalue weighted by Crippen LogP contribution is 2.23. The third-order valence-corrected chi connectivity index (χ3v) is 3.56. The predicted molar refractivity (Wildman–Crippen MR) is 75.5 cm³/mol. The van der Waals surface area contributed by atoms with Crippen molar-refractivity contribution in [3.05, 3.63) is 59.2 Å². The molecule has 1 aromatic heterocycles. The minimum Gasteiger partial charge on any atom is -0.360 e. The molecule has 0 radical (unpaired) electrons. The zero-order valence-corrected chi connectivity index (χ0v) is 11.5. The number of aromatic nitrogens is 1. The quantitative estimate of drug-likeness (QED) is 0.857. The Labute approximate surface area is 117 Å². The van der Waals surface area contributed by atoms with E-state index in [1.54, 1.807) is 0 Å². The lowest BCUT2D eigenvalue weighted by Crippen LogP contribution is -2.27. The molecule has 0 saturated heterocycles. The van der Waals surface area contributed by atoms with Crippen molar-refractivity contribution in [1.82, 2.24) is 10.1 Å². The van der Waals surface area contributed by atoms with Gasteiger partial charge in [0.15, 0.2) is 5.76 Å². The van der Waals surface area contributed by atoms with Crippen LogP contribution in [0.25, 0.3) is 5.57 Å². The van der Waals surface area contributed by atoms with E-state index in [4.69, 9.17) is 4.52 Å². The topological polar surface area (TPSA) is 29.3 Å². The van der Waals surface area contributed by atoms with Gasteiger partial charge in [0.05, 0.1) is 12.2 Å². The molecule has 3 nitrogen and oxygen atoms in total. The van der Waals surface area contributed by atoms with Crippen molar-refractivity contribution in [1.29, 1.82) is 0 Å². The van der Waals surface area contributed by atoms with Crippen LogP contribution >= 0.6 is 0 Å². The average Bonchev–Trinajstić information content (AvgIpc) is 2.86. The minimum atomic E-state index is -0.188. The fraction of sp³-hybridized carbons (Fsp3) is 0.312. The number of hydrogen-bond acceptors (Lipinski definition) is 3. The Morgan fingerprint density at radius 3 is 2.70 bits per heavy atom. The Morgan fingerprint density at radius 2 is 2.10 bits per heavy atom. The molecule has 2 aromatic rings. The molecular weight excluding hydrogens is 255 g/mol. The van der Waals surface area contributed by atoms with Crippen LogP contribution in [0.2, 0.25) is 0 Å². The van der Waals surface area contributed by atoms with Gasteiger partial charge in [0.2, 0.25) is 0 Å². The second kappa shape index (κ2) is 5.59. The normalized spacial score (nSPS) is 16.2. The Hall–Kier alpha value is -1.94.